The molecule has 5 atom stereocenters. The molecule has 0 radical (unpaired) electrons. The van der Waals surface area contributed by atoms with Gasteiger partial charge < -0.3 is 24.8 Å². The molecular weight excluding hydrogens is 481 g/mol. The van der Waals surface area contributed by atoms with Crippen molar-refractivity contribution < 1.29 is 29.1 Å². The molecule has 1 aliphatic heterocycles. The summed E-state index contributed by atoms with van der Waals surface area (Å²) in [5.74, 6) is 3.44. The van der Waals surface area contributed by atoms with Crippen molar-refractivity contribution in [3.8, 4) is 11.5 Å². The highest BCUT2D eigenvalue weighted by Gasteiger charge is 2.58. The predicted octanol–water partition coefficient (Wildman–Crippen LogP) is 3.23. The number of ketones is 1. The molecule has 1 amide bonds. The summed E-state index contributed by atoms with van der Waals surface area (Å²) in [5, 5.41) is 22.2. The molecule has 7 nitrogen and oxygen atoms in total. The summed E-state index contributed by atoms with van der Waals surface area (Å²) in [6.45, 7) is 2.88. The van der Waals surface area contributed by atoms with Gasteiger partial charge in [0.1, 0.15) is 5.78 Å². The Hall–Kier alpha value is -2.84. The maximum absolute atomic E-state index is 13.3. The van der Waals surface area contributed by atoms with E-state index in [-0.39, 0.29) is 18.1 Å². The molecule has 6 rings (SSSR count). The number of hydrogen-bond acceptors (Lipinski definition) is 6. The van der Waals surface area contributed by atoms with Gasteiger partial charge in [0.15, 0.2) is 11.5 Å². The number of fused-ring (bicyclic) bond motifs is 6. The van der Waals surface area contributed by atoms with E-state index in [4.69, 9.17) is 9.47 Å². The van der Waals surface area contributed by atoms with Crippen molar-refractivity contribution in [2.24, 2.45) is 23.2 Å². The fourth-order valence-corrected chi connectivity index (χ4v) is 7.95. The molecule has 38 heavy (non-hydrogen) atoms. The van der Waals surface area contributed by atoms with Crippen LogP contribution in [0.3, 0.4) is 0 Å². The van der Waals surface area contributed by atoms with Gasteiger partial charge in [-0.15, -0.1) is 0 Å². The summed E-state index contributed by atoms with van der Waals surface area (Å²) in [5.41, 5.74) is 3.82. The number of rotatable bonds is 7. The molecule has 0 spiro atoms. The van der Waals surface area contributed by atoms with Crippen LogP contribution in [0, 0.1) is 23.2 Å². The van der Waals surface area contributed by atoms with Crippen molar-refractivity contribution in [3.63, 3.8) is 0 Å². The van der Waals surface area contributed by atoms with Crippen molar-refractivity contribution in [3.05, 3.63) is 53.1 Å². The zero-order valence-electron chi connectivity index (χ0n) is 21.9. The van der Waals surface area contributed by atoms with E-state index >= 15 is 0 Å². The van der Waals surface area contributed by atoms with Crippen molar-refractivity contribution in [2.75, 3.05) is 6.79 Å². The van der Waals surface area contributed by atoms with Crippen molar-refractivity contribution in [1.82, 2.24) is 5.32 Å². The molecule has 0 aromatic heterocycles. The summed E-state index contributed by atoms with van der Waals surface area (Å²) in [6, 6.07) is 11.6. The molecule has 3 N–H and O–H groups in total. The van der Waals surface area contributed by atoms with E-state index in [9.17, 15) is 19.6 Å². The largest absolute Gasteiger partial charge is 0.488 e. The van der Waals surface area contributed by atoms with E-state index in [1.807, 2.05) is 30.3 Å². The number of Topliss-reactive ketones (excluding diaryl/α,β-unsaturated/α-hetero) is 1. The lowest BCUT2D eigenvalue weighted by Gasteiger charge is -2.50. The van der Waals surface area contributed by atoms with Crippen LogP contribution in [0.4, 0.5) is 0 Å². The van der Waals surface area contributed by atoms with E-state index in [2.05, 4.69) is 18.3 Å². The Morgan fingerprint density at radius 3 is 2.82 bits per heavy atom. The SMILES string of the molecule is C[C@]12CC[C@@H]3c4ccc(B(O)O)cc4CC[C@H]3[C@@H]1[C@@H](CCCC(=O)NCc1ccc3c(c1)OCO3)CC2=O. The Balaban J connectivity index is 1.08. The molecule has 3 aliphatic carbocycles. The molecule has 1 heterocycles. The van der Waals surface area contributed by atoms with Gasteiger partial charge in [-0.2, -0.15) is 0 Å². The zero-order valence-corrected chi connectivity index (χ0v) is 21.9. The number of carbonyl (C=O) groups excluding carboxylic acids is 2. The molecular formula is C30H36BNO6. The maximum atomic E-state index is 13.3. The fourth-order valence-electron chi connectivity index (χ4n) is 7.95. The van der Waals surface area contributed by atoms with E-state index in [1.54, 1.807) is 0 Å². The van der Waals surface area contributed by atoms with E-state index in [0.29, 0.717) is 60.1 Å². The van der Waals surface area contributed by atoms with Gasteiger partial charge in [-0.25, -0.2) is 0 Å². The molecule has 2 fully saturated rings. The van der Waals surface area contributed by atoms with Crippen LogP contribution in [-0.4, -0.2) is 35.6 Å². The van der Waals surface area contributed by atoms with Crippen LogP contribution in [0.15, 0.2) is 36.4 Å². The Morgan fingerprint density at radius 1 is 1.13 bits per heavy atom. The topological polar surface area (TPSA) is 105 Å². The first-order valence-electron chi connectivity index (χ1n) is 14.0. The molecule has 2 saturated carbocycles. The standard InChI is InChI=1S/C30H36BNO6/c1-30-12-11-23-22-9-7-21(31(35)36)14-19(22)6-8-24(23)29(30)20(15-27(30)33)3-2-4-28(34)32-16-18-5-10-25-26(13-18)38-17-37-25/h5,7,9-10,13-14,20,23-24,29,35-36H,2-4,6,8,11-12,15-17H2,1H3,(H,32,34)/t20-,23+,24+,29-,30+/m0/s1. The third-order valence-electron chi connectivity index (χ3n) is 9.80. The number of hydrogen-bond donors (Lipinski definition) is 3. The van der Waals surface area contributed by atoms with Gasteiger partial charge in [-0.1, -0.05) is 31.2 Å². The number of ether oxygens (including phenoxy) is 2. The molecule has 8 heteroatoms. The molecule has 200 valence electrons. The van der Waals surface area contributed by atoms with Crippen LogP contribution in [0.2, 0.25) is 0 Å². The third-order valence-corrected chi connectivity index (χ3v) is 9.80. The number of amides is 1. The van der Waals surface area contributed by atoms with E-state index < -0.39 is 7.12 Å². The first kappa shape index (κ1) is 25.4. The fraction of sp³-hybridized carbons (Fsp3) is 0.533. The van der Waals surface area contributed by atoms with Crippen LogP contribution in [0.25, 0.3) is 0 Å². The Bertz CT molecular complexity index is 1250. The minimum atomic E-state index is -1.45. The highest BCUT2D eigenvalue weighted by atomic mass is 16.7. The second-order valence-electron chi connectivity index (χ2n) is 11.9. The van der Waals surface area contributed by atoms with Gasteiger partial charge in [0, 0.05) is 24.8 Å². The van der Waals surface area contributed by atoms with Gasteiger partial charge in [-0.3, -0.25) is 9.59 Å². The molecule has 0 saturated heterocycles. The minimum Gasteiger partial charge on any atom is -0.454 e. The van der Waals surface area contributed by atoms with Crippen molar-refractivity contribution in [1.29, 1.82) is 0 Å². The monoisotopic (exact) mass is 517 g/mol. The lowest BCUT2D eigenvalue weighted by atomic mass is 9.53. The maximum Gasteiger partial charge on any atom is 0.488 e. The van der Waals surface area contributed by atoms with Gasteiger partial charge in [0.05, 0.1) is 0 Å². The smallest absolute Gasteiger partial charge is 0.454 e. The third kappa shape index (κ3) is 4.52. The molecule has 2 aromatic carbocycles. The van der Waals surface area contributed by atoms with Crippen LogP contribution < -0.4 is 20.3 Å². The van der Waals surface area contributed by atoms with Gasteiger partial charge in [0.2, 0.25) is 12.7 Å². The van der Waals surface area contributed by atoms with Crippen molar-refractivity contribution in [2.45, 2.75) is 70.8 Å². The van der Waals surface area contributed by atoms with Gasteiger partial charge >= 0.3 is 7.12 Å². The van der Waals surface area contributed by atoms with Crippen LogP contribution in [0.1, 0.15) is 74.5 Å². The Kier molecular flexibility index (Phi) is 6.73. The number of nitrogens with one attached hydrogen (secondary N) is 1. The lowest BCUT2D eigenvalue weighted by molar-refractivity contribution is -0.129. The van der Waals surface area contributed by atoms with Crippen LogP contribution >= 0.6 is 0 Å². The molecule has 4 aliphatic rings. The normalized spacial score (nSPS) is 28.9. The molecule has 0 bridgehead atoms. The molecule has 2 aromatic rings. The second-order valence-corrected chi connectivity index (χ2v) is 11.9. The summed E-state index contributed by atoms with van der Waals surface area (Å²) in [7, 11) is -1.45. The molecule has 0 unspecified atom stereocenters. The van der Waals surface area contributed by atoms with Gasteiger partial charge in [0.25, 0.3) is 0 Å². The van der Waals surface area contributed by atoms with Crippen molar-refractivity contribution >= 4 is 24.3 Å². The summed E-state index contributed by atoms with van der Waals surface area (Å²) in [6.07, 6.45) is 6.63. The Labute approximate surface area is 224 Å². The summed E-state index contributed by atoms with van der Waals surface area (Å²) in [4.78, 5) is 25.9. The predicted molar refractivity (Wildman–Crippen MR) is 143 cm³/mol. The van der Waals surface area contributed by atoms with Crippen LogP contribution in [-0.2, 0) is 22.6 Å². The van der Waals surface area contributed by atoms with Crippen LogP contribution in [0.5, 0.6) is 11.5 Å². The van der Waals surface area contributed by atoms with Gasteiger partial charge in [-0.05, 0) is 96.5 Å². The summed E-state index contributed by atoms with van der Waals surface area (Å²) >= 11 is 0. The van der Waals surface area contributed by atoms with E-state index in [1.165, 1.54) is 11.1 Å². The number of benzene rings is 2. The quantitative estimate of drug-likeness (QED) is 0.488. The second kappa shape index (κ2) is 10.0. The average molecular weight is 517 g/mol. The highest BCUT2D eigenvalue weighted by Crippen LogP contribution is 2.62. The highest BCUT2D eigenvalue weighted by molar-refractivity contribution is 6.58. The first-order valence-corrected chi connectivity index (χ1v) is 14.0. The number of carbonyl (C=O) groups is 2. The summed E-state index contributed by atoms with van der Waals surface area (Å²) < 4.78 is 10.8. The number of aryl methyl sites for hydroxylation is 1. The average Bonchev–Trinajstić information content (AvgIpc) is 3.48. The first-order chi connectivity index (χ1) is 18.3. The Morgan fingerprint density at radius 2 is 1.97 bits per heavy atom. The lowest BCUT2D eigenvalue weighted by Crippen LogP contribution is -2.44. The van der Waals surface area contributed by atoms with E-state index in [0.717, 1.165) is 49.8 Å². The zero-order chi connectivity index (χ0) is 26.4. The minimum absolute atomic E-state index is 0.0322.